The topological polar surface area (TPSA) is 12.0 Å². The Morgan fingerprint density at radius 1 is 1.50 bits per heavy atom. The molecule has 1 aliphatic rings. The molecule has 4 heteroatoms. The van der Waals surface area contributed by atoms with Crippen LogP contribution in [-0.2, 0) is 6.54 Å². The highest BCUT2D eigenvalue weighted by atomic mass is 79.9. The summed E-state index contributed by atoms with van der Waals surface area (Å²) in [4.78, 5) is 0. The number of benzene rings is 1. The molecule has 2 rings (SSSR count). The Morgan fingerprint density at radius 2 is 2.38 bits per heavy atom. The van der Waals surface area contributed by atoms with Crippen molar-refractivity contribution in [2.75, 3.05) is 18.1 Å². The zero-order valence-electron chi connectivity index (χ0n) is 9.01. The molecule has 1 aliphatic heterocycles. The van der Waals surface area contributed by atoms with E-state index in [2.05, 4.69) is 39.1 Å². The van der Waals surface area contributed by atoms with Crippen molar-refractivity contribution in [2.45, 2.75) is 13.0 Å². The number of rotatable bonds is 4. The van der Waals surface area contributed by atoms with Gasteiger partial charge in [-0.3, -0.25) is 0 Å². The number of nitrogens with one attached hydrogen (secondary N) is 1. The Bertz CT molecular complexity index is 353. The molecule has 0 spiro atoms. The smallest absolute Gasteiger partial charge is 0.0551 e. The molecule has 1 N–H and O–H groups in total. The molecular weight excluding hydrogens is 306 g/mol. The third-order valence-corrected chi connectivity index (χ3v) is 5.23. The highest BCUT2D eigenvalue weighted by Crippen LogP contribution is 2.24. The van der Waals surface area contributed by atoms with Crippen molar-refractivity contribution in [1.82, 2.24) is 5.32 Å². The van der Waals surface area contributed by atoms with Gasteiger partial charge in [-0.25, -0.2) is 0 Å². The third kappa shape index (κ3) is 3.66. The summed E-state index contributed by atoms with van der Waals surface area (Å²) in [5, 5.41) is 4.29. The van der Waals surface area contributed by atoms with E-state index in [4.69, 9.17) is 11.6 Å². The second-order valence-corrected chi connectivity index (χ2v) is 6.52. The van der Waals surface area contributed by atoms with E-state index in [-0.39, 0.29) is 0 Å². The second kappa shape index (κ2) is 6.29. The number of hydrogen-bond acceptors (Lipinski definition) is 2. The predicted octanol–water partition coefficient (Wildman–Crippen LogP) is 3.95. The SMILES string of the molecule is Clc1cc(CNCC2CCSC2)ccc1Br. The first kappa shape index (κ1) is 12.7. The average molecular weight is 321 g/mol. The molecule has 0 saturated carbocycles. The Morgan fingerprint density at radius 3 is 3.06 bits per heavy atom. The Hall–Kier alpha value is 0.300. The minimum atomic E-state index is 0.788. The van der Waals surface area contributed by atoms with Gasteiger partial charge >= 0.3 is 0 Å². The van der Waals surface area contributed by atoms with Gasteiger partial charge in [0.15, 0.2) is 0 Å². The van der Waals surface area contributed by atoms with E-state index in [1.54, 1.807) is 0 Å². The lowest BCUT2D eigenvalue weighted by Gasteiger charge is -2.10. The molecular formula is C12H15BrClNS. The third-order valence-electron chi connectivity index (χ3n) is 2.77. The molecule has 1 saturated heterocycles. The van der Waals surface area contributed by atoms with E-state index in [0.717, 1.165) is 28.5 Å². The van der Waals surface area contributed by atoms with E-state index in [0.29, 0.717) is 0 Å². The molecule has 1 nitrogen and oxygen atoms in total. The Balaban J connectivity index is 1.78. The standard InChI is InChI=1S/C12H15BrClNS/c13-11-2-1-9(5-12(11)14)6-15-7-10-3-4-16-8-10/h1-2,5,10,15H,3-4,6-8H2. The summed E-state index contributed by atoms with van der Waals surface area (Å²) in [6, 6.07) is 6.12. The van der Waals surface area contributed by atoms with E-state index >= 15 is 0 Å². The quantitative estimate of drug-likeness (QED) is 0.901. The van der Waals surface area contributed by atoms with Gasteiger partial charge in [-0.15, -0.1) is 0 Å². The fraction of sp³-hybridized carbons (Fsp3) is 0.500. The molecule has 0 aromatic heterocycles. The lowest BCUT2D eigenvalue weighted by molar-refractivity contribution is 0.523. The summed E-state index contributed by atoms with van der Waals surface area (Å²) in [7, 11) is 0. The van der Waals surface area contributed by atoms with E-state index in [1.807, 2.05) is 12.1 Å². The summed E-state index contributed by atoms with van der Waals surface area (Å²) in [6.45, 7) is 2.04. The molecule has 16 heavy (non-hydrogen) atoms. The fourth-order valence-electron chi connectivity index (χ4n) is 1.81. The Labute approximate surface area is 114 Å². The van der Waals surface area contributed by atoms with Gasteiger partial charge in [0.1, 0.15) is 0 Å². The molecule has 1 aromatic rings. The zero-order valence-corrected chi connectivity index (χ0v) is 12.2. The summed E-state index contributed by atoms with van der Waals surface area (Å²) < 4.78 is 0.963. The maximum absolute atomic E-state index is 6.04. The van der Waals surface area contributed by atoms with Crippen LogP contribution in [-0.4, -0.2) is 18.1 Å². The van der Waals surface area contributed by atoms with Gasteiger partial charge in [0.2, 0.25) is 0 Å². The minimum absolute atomic E-state index is 0.788. The molecule has 1 fully saturated rings. The molecule has 1 aromatic carbocycles. The highest BCUT2D eigenvalue weighted by Gasteiger charge is 2.14. The van der Waals surface area contributed by atoms with Crippen LogP contribution in [0.4, 0.5) is 0 Å². The van der Waals surface area contributed by atoms with Gasteiger partial charge in [-0.1, -0.05) is 17.7 Å². The molecule has 1 unspecified atom stereocenters. The van der Waals surface area contributed by atoms with Crippen molar-refractivity contribution >= 4 is 39.3 Å². The first-order valence-corrected chi connectivity index (χ1v) is 7.80. The summed E-state index contributed by atoms with van der Waals surface area (Å²) in [6.07, 6.45) is 1.36. The lowest BCUT2D eigenvalue weighted by Crippen LogP contribution is -2.22. The van der Waals surface area contributed by atoms with Crippen LogP contribution in [0.3, 0.4) is 0 Å². The Kier molecular flexibility index (Phi) is 5.01. The van der Waals surface area contributed by atoms with Crippen LogP contribution in [0.15, 0.2) is 22.7 Å². The molecule has 0 aliphatic carbocycles. The van der Waals surface area contributed by atoms with Crippen LogP contribution in [0.5, 0.6) is 0 Å². The number of thioether (sulfide) groups is 1. The molecule has 0 amide bonds. The zero-order chi connectivity index (χ0) is 11.4. The first-order valence-electron chi connectivity index (χ1n) is 5.48. The fourth-order valence-corrected chi connectivity index (χ4v) is 3.55. The van der Waals surface area contributed by atoms with E-state index < -0.39 is 0 Å². The van der Waals surface area contributed by atoms with Crippen LogP contribution < -0.4 is 5.32 Å². The van der Waals surface area contributed by atoms with Gasteiger partial charge < -0.3 is 5.32 Å². The van der Waals surface area contributed by atoms with Gasteiger partial charge in [0.25, 0.3) is 0 Å². The van der Waals surface area contributed by atoms with E-state index in [9.17, 15) is 0 Å². The highest BCUT2D eigenvalue weighted by molar-refractivity contribution is 9.10. The van der Waals surface area contributed by atoms with Crippen LogP contribution in [0.2, 0.25) is 5.02 Å². The monoisotopic (exact) mass is 319 g/mol. The average Bonchev–Trinajstić information content (AvgIpc) is 2.76. The van der Waals surface area contributed by atoms with Crippen molar-refractivity contribution in [1.29, 1.82) is 0 Å². The van der Waals surface area contributed by atoms with Crippen molar-refractivity contribution in [3.8, 4) is 0 Å². The van der Waals surface area contributed by atoms with E-state index in [1.165, 1.54) is 23.5 Å². The lowest BCUT2D eigenvalue weighted by atomic mass is 10.1. The molecule has 1 heterocycles. The van der Waals surface area contributed by atoms with Crippen molar-refractivity contribution in [3.63, 3.8) is 0 Å². The molecule has 0 radical (unpaired) electrons. The summed E-state index contributed by atoms with van der Waals surface area (Å²) in [5.74, 6) is 3.50. The molecule has 88 valence electrons. The van der Waals surface area contributed by atoms with Crippen molar-refractivity contribution in [2.24, 2.45) is 5.92 Å². The molecule has 0 bridgehead atoms. The van der Waals surface area contributed by atoms with Crippen LogP contribution in [0.25, 0.3) is 0 Å². The summed E-state index contributed by atoms with van der Waals surface area (Å²) in [5.41, 5.74) is 1.25. The maximum Gasteiger partial charge on any atom is 0.0551 e. The van der Waals surface area contributed by atoms with Crippen LogP contribution in [0, 0.1) is 5.92 Å². The van der Waals surface area contributed by atoms with Gasteiger partial charge in [0, 0.05) is 11.0 Å². The van der Waals surface area contributed by atoms with Gasteiger partial charge in [0.05, 0.1) is 5.02 Å². The van der Waals surface area contributed by atoms with Crippen molar-refractivity contribution < 1.29 is 0 Å². The van der Waals surface area contributed by atoms with Crippen LogP contribution >= 0.6 is 39.3 Å². The summed E-state index contributed by atoms with van der Waals surface area (Å²) >= 11 is 11.5. The van der Waals surface area contributed by atoms with Crippen LogP contribution in [0.1, 0.15) is 12.0 Å². The largest absolute Gasteiger partial charge is 0.312 e. The number of halogens is 2. The predicted molar refractivity (Wildman–Crippen MR) is 76.3 cm³/mol. The first-order chi connectivity index (χ1) is 7.75. The van der Waals surface area contributed by atoms with Crippen molar-refractivity contribution in [3.05, 3.63) is 33.3 Å². The second-order valence-electron chi connectivity index (χ2n) is 4.11. The normalized spacial score (nSPS) is 20.2. The van der Waals surface area contributed by atoms with Gasteiger partial charge in [-0.2, -0.15) is 11.8 Å². The maximum atomic E-state index is 6.04. The number of hydrogen-bond donors (Lipinski definition) is 1. The molecule has 1 atom stereocenters. The van der Waals surface area contributed by atoms with Gasteiger partial charge in [-0.05, 0) is 64.0 Å². The minimum Gasteiger partial charge on any atom is -0.312 e.